The average molecular weight is 489 g/mol. The Hall–Kier alpha value is -3.52. The molecule has 2 aromatic heterocycles. The lowest BCUT2D eigenvalue weighted by Gasteiger charge is -2.43. The Morgan fingerprint density at radius 2 is 1.92 bits per heavy atom. The first-order valence-corrected chi connectivity index (χ1v) is 12.7. The van der Waals surface area contributed by atoms with Crippen LogP contribution in [0.5, 0.6) is 0 Å². The third kappa shape index (κ3) is 5.49. The lowest BCUT2D eigenvalue weighted by Crippen LogP contribution is -2.55. The molecule has 1 N–H and O–H groups in total. The minimum atomic E-state index is -0.0632. The fourth-order valence-corrected chi connectivity index (χ4v) is 4.88. The van der Waals surface area contributed by atoms with Crippen LogP contribution in [0.4, 0.5) is 5.95 Å². The summed E-state index contributed by atoms with van der Waals surface area (Å²) in [4.78, 5) is 37.7. The van der Waals surface area contributed by atoms with Crippen molar-refractivity contribution in [1.82, 2.24) is 24.3 Å². The number of pyridine rings is 1. The smallest absolute Gasteiger partial charge is 0.252 e. The van der Waals surface area contributed by atoms with Gasteiger partial charge in [0.25, 0.3) is 5.56 Å². The third-order valence-electron chi connectivity index (χ3n) is 7.04. The summed E-state index contributed by atoms with van der Waals surface area (Å²) in [5.41, 5.74) is 2.95. The molecule has 1 aromatic carbocycles. The molecule has 3 heterocycles. The van der Waals surface area contributed by atoms with Gasteiger partial charge < -0.3 is 10.2 Å². The number of anilines is 1. The van der Waals surface area contributed by atoms with Crippen LogP contribution >= 0.6 is 0 Å². The molecule has 4 rings (SSSR count). The zero-order valence-electron chi connectivity index (χ0n) is 21.6. The van der Waals surface area contributed by atoms with Crippen molar-refractivity contribution < 1.29 is 4.79 Å². The number of aryl methyl sites for hydroxylation is 1. The van der Waals surface area contributed by atoms with Crippen molar-refractivity contribution in [3.05, 3.63) is 76.7 Å². The van der Waals surface area contributed by atoms with Gasteiger partial charge in [-0.1, -0.05) is 44.7 Å². The van der Waals surface area contributed by atoms with E-state index >= 15 is 0 Å². The SMILES string of the molecule is C=CC(=O)N1CCN(Cc2ccc(C(C)Nc3ncc4ccc(=O)n(CC)c4n3)cc2)[C@H](C(C)C)C1. The first-order chi connectivity index (χ1) is 17.3. The average Bonchev–Trinajstić information content (AvgIpc) is 2.88. The van der Waals surface area contributed by atoms with Crippen LogP contribution in [0.15, 0.2) is 60.0 Å². The van der Waals surface area contributed by atoms with Crippen LogP contribution in [-0.2, 0) is 17.9 Å². The molecule has 0 radical (unpaired) electrons. The lowest BCUT2D eigenvalue weighted by atomic mass is 9.98. The molecule has 8 heteroatoms. The van der Waals surface area contributed by atoms with Crippen molar-refractivity contribution in [3.8, 4) is 0 Å². The maximum absolute atomic E-state index is 12.2. The van der Waals surface area contributed by atoms with E-state index < -0.39 is 0 Å². The maximum Gasteiger partial charge on any atom is 0.252 e. The number of hydrogen-bond donors (Lipinski definition) is 1. The molecule has 1 aliphatic heterocycles. The van der Waals surface area contributed by atoms with Crippen LogP contribution in [0.25, 0.3) is 11.0 Å². The van der Waals surface area contributed by atoms with Gasteiger partial charge in [-0.15, -0.1) is 0 Å². The molecule has 0 bridgehead atoms. The van der Waals surface area contributed by atoms with E-state index in [1.54, 1.807) is 22.9 Å². The molecular weight excluding hydrogens is 452 g/mol. The quantitative estimate of drug-likeness (QED) is 0.485. The predicted molar refractivity (Wildman–Crippen MR) is 144 cm³/mol. The van der Waals surface area contributed by atoms with Crippen molar-refractivity contribution in [3.63, 3.8) is 0 Å². The highest BCUT2D eigenvalue weighted by Crippen LogP contribution is 2.23. The van der Waals surface area contributed by atoms with E-state index in [1.165, 1.54) is 11.6 Å². The number of benzene rings is 1. The third-order valence-corrected chi connectivity index (χ3v) is 7.04. The van der Waals surface area contributed by atoms with Crippen molar-refractivity contribution in [2.24, 2.45) is 5.92 Å². The van der Waals surface area contributed by atoms with E-state index in [4.69, 9.17) is 0 Å². The first kappa shape index (κ1) is 25.6. The summed E-state index contributed by atoms with van der Waals surface area (Å²) in [5, 5.41) is 4.21. The highest BCUT2D eigenvalue weighted by molar-refractivity contribution is 5.87. The predicted octanol–water partition coefficient (Wildman–Crippen LogP) is 3.84. The zero-order chi connectivity index (χ0) is 25.8. The number of rotatable bonds is 8. The summed E-state index contributed by atoms with van der Waals surface area (Å²) in [5.74, 6) is 0.957. The number of hydrogen-bond acceptors (Lipinski definition) is 6. The van der Waals surface area contributed by atoms with Gasteiger partial charge in [0.2, 0.25) is 11.9 Å². The molecule has 1 amide bonds. The molecule has 2 atom stereocenters. The fourth-order valence-electron chi connectivity index (χ4n) is 4.88. The van der Waals surface area contributed by atoms with Gasteiger partial charge in [0.05, 0.1) is 6.04 Å². The molecular formula is C28H36N6O2. The Morgan fingerprint density at radius 3 is 2.58 bits per heavy atom. The number of carbonyl (C=O) groups excluding carboxylic acids is 1. The van der Waals surface area contributed by atoms with Gasteiger partial charge in [-0.3, -0.25) is 19.1 Å². The van der Waals surface area contributed by atoms with Crippen LogP contribution in [0, 0.1) is 5.92 Å². The van der Waals surface area contributed by atoms with Gasteiger partial charge in [-0.05, 0) is 43.0 Å². The van der Waals surface area contributed by atoms with E-state index in [9.17, 15) is 9.59 Å². The van der Waals surface area contributed by atoms with Gasteiger partial charge in [0.1, 0.15) is 5.65 Å². The Bertz CT molecular complexity index is 1280. The summed E-state index contributed by atoms with van der Waals surface area (Å²) in [7, 11) is 0. The first-order valence-electron chi connectivity index (χ1n) is 12.7. The zero-order valence-corrected chi connectivity index (χ0v) is 21.6. The monoisotopic (exact) mass is 488 g/mol. The second-order valence-electron chi connectivity index (χ2n) is 9.77. The summed E-state index contributed by atoms with van der Waals surface area (Å²) in [6.45, 7) is 15.8. The molecule has 1 aliphatic rings. The molecule has 8 nitrogen and oxygen atoms in total. The molecule has 0 aliphatic carbocycles. The minimum Gasteiger partial charge on any atom is -0.348 e. The summed E-state index contributed by atoms with van der Waals surface area (Å²) >= 11 is 0. The molecule has 3 aromatic rings. The van der Waals surface area contributed by atoms with Gasteiger partial charge >= 0.3 is 0 Å². The van der Waals surface area contributed by atoms with Crippen molar-refractivity contribution in [2.75, 3.05) is 25.0 Å². The Labute approximate surface area is 212 Å². The number of carbonyl (C=O) groups is 1. The summed E-state index contributed by atoms with van der Waals surface area (Å²) in [6.07, 6.45) is 3.16. The lowest BCUT2D eigenvalue weighted by molar-refractivity contribution is -0.129. The second kappa shape index (κ2) is 11.0. The number of amides is 1. The molecule has 1 saturated heterocycles. The number of nitrogens with one attached hydrogen (secondary N) is 1. The minimum absolute atomic E-state index is 0.00103. The number of aromatic nitrogens is 3. The summed E-state index contributed by atoms with van der Waals surface area (Å²) in [6, 6.07) is 12.2. The van der Waals surface area contributed by atoms with Crippen LogP contribution in [-0.4, -0.2) is 55.9 Å². The second-order valence-corrected chi connectivity index (χ2v) is 9.77. The Balaban J connectivity index is 1.43. The van der Waals surface area contributed by atoms with E-state index in [-0.39, 0.29) is 17.5 Å². The van der Waals surface area contributed by atoms with Crippen LogP contribution in [0.1, 0.15) is 44.9 Å². The van der Waals surface area contributed by atoms with Gasteiger partial charge in [0.15, 0.2) is 0 Å². The van der Waals surface area contributed by atoms with Crippen LogP contribution < -0.4 is 10.9 Å². The number of piperazine rings is 1. The largest absolute Gasteiger partial charge is 0.348 e. The molecule has 1 unspecified atom stereocenters. The topological polar surface area (TPSA) is 83.4 Å². The van der Waals surface area contributed by atoms with Gasteiger partial charge in [-0.2, -0.15) is 4.98 Å². The van der Waals surface area contributed by atoms with E-state index in [0.717, 1.165) is 37.1 Å². The van der Waals surface area contributed by atoms with Crippen LogP contribution in [0.2, 0.25) is 0 Å². The summed E-state index contributed by atoms with van der Waals surface area (Å²) < 4.78 is 1.65. The molecule has 190 valence electrons. The number of fused-ring (bicyclic) bond motifs is 1. The van der Waals surface area contributed by atoms with Gasteiger partial charge in [0, 0.05) is 56.4 Å². The Morgan fingerprint density at radius 1 is 1.17 bits per heavy atom. The molecule has 36 heavy (non-hydrogen) atoms. The van der Waals surface area contributed by atoms with E-state index in [2.05, 4.69) is 71.8 Å². The van der Waals surface area contributed by atoms with Crippen molar-refractivity contribution >= 4 is 22.9 Å². The van der Waals surface area contributed by atoms with E-state index in [1.807, 2.05) is 11.8 Å². The highest BCUT2D eigenvalue weighted by Gasteiger charge is 2.30. The Kier molecular flexibility index (Phi) is 7.84. The highest BCUT2D eigenvalue weighted by atomic mass is 16.2. The molecule has 1 fully saturated rings. The molecule has 0 spiro atoms. The van der Waals surface area contributed by atoms with E-state index in [0.29, 0.717) is 30.1 Å². The molecule has 0 saturated carbocycles. The van der Waals surface area contributed by atoms with Gasteiger partial charge in [-0.25, -0.2) is 4.98 Å². The standard InChI is InChI=1S/C28H36N6O2/c1-6-25(35)33-15-14-32(24(18-33)19(3)4)17-21-8-10-22(11-9-21)20(5)30-28-29-16-23-12-13-26(36)34(7-2)27(23)31-28/h6,8-13,16,19-20,24H,1,7,14-15,17-18H2,2-5H3,(H,29,30,31)/t20?,24-/m0/s1. The normalized spacial score (nSPS) is 17.4. The number of nitrogens with zero attached hydrogens (tertiary/aromatic N) is 5. The fraction of sp³-hybridized carbons (Fsp3) is 0.429. The maximum atomic E-state index is 12.2. The van der Waals surface area contributed by atoms with Crippen molar-refractivity contribution in [1.29, 1.82) is 0 Å². The van der Waals surface area contributed by atoms with Crippen molar-refractivity contribution in [2.45, 2.75) is 52.9 Å². The van der Waals surface area contributed by atoms with Crippen LogP contribution in [0.3, 0.4) is 0 Å².